The molecule has 7 heteroatoms. The molecule has 0 saturated carbocycles. The lowest BCUT2D eigenvalue weighted by atomic mass is 9.84. The highest BCUT2D eigenvalue weighted by Crippen LogP contribution is 2.42. The van der Waals surface area contributed by atoms with Crippen LogP contribution in [0.2, 0.25) is 0 Å². The van der Waals surface area contributed by atoms with Crippen molar-refractivity contribution in [3.63, 3.8) is 0 Å². The average molecular weight is 507 g/mol. The summed E-state index contributed by atoms with van der Waals surface area (Å²) in [7, 11) is 0. The van der Waals surface area contributed by atoms with Crippen LogP contribution in [0.3, 0.4) is 0 Å². The zero-order valence-corrected chi connectivity index (χ0v) is 19.6. The maximum Gasteiger partial charge on any atom is 0.281 e. The van der Waals surface area contributed by atoms with Crippen LogP contribution in [0.4, 0.5) is 10.5 Å². The molecule has 0 bridgehead atoms. The number of piperidine rings is 1. The number of phenolic OH excluding ortho intramolecular Hbond substituents is 1. The van der Waals surface area contributed by atoms with Gasteiger partial charge in [-0.05, 0) is 88.4 Å². The molecule has 0 aromatic heterocycles. The number of halogens is 1. The number of nitrogens with two attached hydrogens (primary N) is 1. The maximum absolute atomic E-state index is 12.0. The second-order valence-electron chi connectivity index (χ2n) is 7.39. The highest BCUT2D eigenvalue weighted by Gasteiger charge is 2.31. The zero-order valence-electron chi connectivity index (χ0n) is 17.2. The number of nitrogens with zero attached hydrogens (tertiary/aromatic N) is 1. The Bertz CT molecular complexity index is 929. The van der Waals surface area contributed by atoms with E-state index in [9.17, 15) is 9.90 Å². The van der Waals surface area contributed by atoms with Gasteiger partial charge in [0.2, 0.25) is 0 Å². The Morgan fingerprint density at radius 3 is 2.58 bits per heavy atom. The number of dihydropyridines is 1. The van der Waals surface area contributed by atoms with Gasteiger partial charge in [-0.15, -0.1) is 13.2 Å². The predicted octanol–water partition coefficient (Wildman–Crippen LogP) is 5.83. The second-order valence-corrected chi connectivity index (χ2v) is 9.06. The number of nitrogens with one attached hydrogen (secondary N) is 1. The molecular weight excluding hydrogens is 474 g/mol. The summed E-state index contributed by atoms with van der Waals surface area (Å²) in [4.78, 5) is 14.0. The van der Waals surface area contributed by atoms with Gasteiger partial charge in [0.15, 0.2) is 0 Å². The molecule has 31 heavy (non-hydrogen) atoms. The lowest BCUT2D eigenvalue weighted by molar-refractivity contribution is 0.219. The number of fused-ring (bicyclic) bond motifs is 2. The summed E-state index contributed by atoms with van der Waals surface area (Å²) >= 11 is 4.86. The van der Waals surface area contributed by atoms with Crippen LogP contribution in [-0.4, -0.2) is 40.6 Å². The highest BCUT2D eigenvalue weighted by molar-refractivity contribution is 9.11. The molecule has 1 atom stereocenters. The lowest BCUT2D eigenvalue weighted by Gasteiger charge is -2.33. The number of rotatable bonds is 0. The van der Waals surface area contributed by atoms with Gasteiger partial charge in [0.05, 0.1) is 11.7 Å². The van der Waals surface area contributed by atoms with Gasteiger partial charge < -0.3 is 21.1 Å². The fourth-order valence-corrected chi connectivity index (χ4v) is 5.22. The van der Waals surface area contributed by atoms with Crippen molar-refractivity contribution in [1.29, 1.82) is 0 Å². The summed E-state index contributed by atoms with van der Waals surface area (Å²) in [5.74, 6) is 0.148. The van der Waals surface area contributed by atoms with E-state index >= 15 is 0 Å². The molecule has 2 aliphatic heterocycles. The van der Waals surface area contributed by atoms with Gasteiger partial charge >= 0.3 is 0 Å². The topological polar surface area (TPSA) is 78.6 Å². The minimum atomic E-state index is 0. The first-order valence-electron chi connectivity index (χ1n) is 9.96. The Hall–Kier alpha value is -2.12. The molecule has 2 heterocycles. The summed E-state index contributed by atoms with van der Waals surface area (Å²) < 4.78 is 1.04. The Kier molecular flexibility index (Phi) is 8.89. The third-order valence-electron chi connectivity index (χ3n) is 5.78. The SMILES string of the molecule is C.C=C.CSC(=O)N1CCC(=C2c3cc(N)c(O)cc3CCC3=CC(Br)=CNC32)CC1. The van der Waals surface area contributed by atoms with Gasteiger partial charge in [0.25, 0.3) is 5.24 Å². The number of thioether (sulfide) groups is 1. The molecule has 5 nitrogen and oxygen atoms in total. The van der Waals surface area contributed by atoms with Gasteiger partial charge in [-0.1, -0.05) is 24.8 Å². The van der Waals surface area contributed by atoms with Crippen molar-refractivity contribution in [2.75, 3.05) is 25.1 Å². The van der Waals surface area contributed by atoms with Gasteiger partial charge in [-0.25, -0.2) is 0 Å². The van der Waals surface area contributed by atoms with Crippen LogP contribution in [0.1, 0.15) is 37.8 Å². The number of amides is 1. The van der Waals surface area contributed by atoms with E-state index in [4.69, 9.17) is 5.73 Å². The molecule has 1 aromatic rings. The van der Waals surface area contributed by atoms with E-state index in [1.54, 1.807) is 0 Å². The normalized spacial score (nSPS) is 19.8. The minimum Gasteiger partial charge on any atom is -0.506 e. The first-order chi connectivity index (χ1) is 14.5. The number of anilines is 1. The monoisotopic (exact) mass is 505 g/mol. The molecule has 1 unspecified atom stereocenters. The van der Waals surface area contributed by atoms with Crippen molar-refractivity contribution in [3.05, 3.63) is 64.3 Å². The summed E-state index contributed by atoms with van der Waals surface area (Å²) in [5.41, 5.74) is 12.7. The fraction of sp³-hybridized carbons (Fsp3) is 0.375. The number of hydrogen-bond donors (Lipinski definition) is 3. The smallest absolute Gasteiger partial charge is 0.281 e. The summed E-state index contributed by atoms with van der Waals surface area (Å²) in [6.45, 7) is 7.49. The number of benzene rings is 1. The molecule has 4 N–H and O–H groups in total. The van der Waals surface area contributed by atoms with E-state index in [2.05, 4.69) is 40.5 Å². The number of aromatic hydroxyl groups is 1. The van der Waals surface area contributed by atoms with E-state index in [-0.39, 0.29) is 24.5 Å². The molecule has 1 saturated heterocycles. The number of nitrogen functional groups attached to an aromatic ring is 1. The average Bonchev–Trinajstić information content (AvgIpc) is 2.91. The fourth-order valence-electron chi connectivity index (χ4n) is 4.35. The summed E-state index contributed by atoms with van der Waals surface area (Å²) in [6.07, 6.45) is 9.53. The number of carbonyl (C=O) groups excluding carboxylic acids is 1. The molecule has 168 valence electrons. The molecule has 1 aliphatic carbocycles. The van der Waals surface area contributed by atoms with Gasteiger partial charge in [0, 0.05) is 23.8 Å². The van der Waals surface area contributed by atoms with E-state index in [1.807, 2.05) is 29.5 Å². The first-order valence-corrected chi connectivity index (χ1v) is 12.0. The van der Waals surface area contributed by atoms with E-state index in [0.717, 1.165) is 54.4 Å². The van der Waals surface area contributed by atoms with Gasteiger partial charge in [-0.3, -0.25) is 4.79 Å². The van der Waals surface area contributed by atoms with Crippen molar-refractivity contribution in [1.82, 2.24) is 10.2 Å². The van der Waals surface area contributed by atoms with Gasteiger partial charge in [0.1, 0.15) is 5.75 Å². The Balaban J connectivity index is 0.00000111. The quantitative estimate of drug-likeness (QED) is 0.235. The van der Waals surface area contributed by atoms with Crippen LogP contribution in [0, 0.1) is 0 Å². The molecule has 1 aromatic carbocycles. The highest BCUT2D eigenvalue weighted by atomic mass is 79.9. The van der Waals surface area contributed by atoms with Crippen molar-refractivity contribution in [2.24, 2.45) is 0 Å². The zero-order chi connectivity index (χ0) is 21.8. The summed E-state index contributed by atoms with van der Waals surface area (Å²) in [6, 6.07) is 3.84. The van der Waals surface area contributed by atoms with E-state index in [1.165, 1.54) is 28.5 Å². The Morgan fingerprint density at radius 1 is 1.26 bits per heavy atom. The van der Waals surface area contributed by atoms with Crippen LogP contribution in [-0.2, 0) is 6.42 Å². The largest absolute Gasteiger partial charge is 0.506 e. The minimum absolute atomic E-state index is 0. The third-order valence-corrected chi connectivity index (χ3v) is 6.84. The molecule has 0 spiro atoms. The lowest BCUT2D eigenvalue weighted by Crippen LogP contribution is -2.36. The predicted molar refractivity (Wildman–Crippen MR) is 137 cm³/mol. The molecular formula is C24H32BrN3O2S. The Labute approximate surface area is 198 Å². The number of carbonyl (C=O) groups is 1. The van der Waals surface area contributed by atoms with Crippen molar-refractivity contribution in [3.8, 4) is 5.75 Å². The van der Waals surface area contributed by atoms with E-state index < -0.39 is 0 Å². The first kappa shape index (κ1) is 25.1. The number of likely N-dealkylation sites (tertiary alicyclic amines) is 1. The molecule has 3 aliphatic rings. The van der Waals surface area contributed by atoms with Crippen molar-refractivity contribution >= 4 is 44.2 Å². The van der Waals surface area contributed by atoms with E-state index in [0.29, 0.717) is 5.69 Å². The maximum atomic E-state index is 12.0. The number of hydrogen-bond acceptors (Lipinski definition) is 5. The second kappa shape index (κ2) is 11.0. The van der Waals surface area contributed by atoms with Crippen LogP contribution in [0.15, 0.2) is 53.2 Å². The van der Waals surface area contributed by atoms with Crippen molar-refractivity contribution < 1.29 is 9.90 Å². The standard InChI is InChI=1S/C21H24BrN3O2S.C2H4.CH4/c1-28-21(27)25-6-4-12(5-7-25)19-16-10-17(23)18(26)9-13(16)2-3-14-8-15(22)11-24-20(14)19;1-2;/h8-11,20,24,26H,2-7,23H2,1H3;1-2H2;1H4. The van der Waals surface area contributed by atoms with Crippen LogP contribution in [0.25, 0.3) is 5.57 Å². The molecule has 1 amide bonds. The summed E-state index contributed by atoms with van der Waals surface area (Å²) in [5, 5.41) is 13.8. The van der Waals surface area contributed by atoms with Gasteiger partial charge in [-0.2, -0.15) is 0 Å². The van der Waals surface area contributed by atoms with Crippen LogP contribution >= 0.6 is 27.7 Å². The van der Waals surface area contributed by atoms with Crippen molar-refractivity contribution in [2.45, 2.75) is 39.2 Å². The van der Waals surface area contributed by atoms with Crippen LogP contribution in [0.5, 0.6) is 5.75 Å². The molecule has 1 fully saturated rings. The molecule has 0 radical (unpaired) electrons. The van der Waals surface area contributed by atoms with Crippen LogP contribution < -0.4 is 11.1 Å². The molecule has 4 rings (SSSR count). The Morgan fingerprint density at radius 2 is 1.94 bits per heavy atom. The number of phenols is 1. The number of aryl methyl sites for hydroxylation is 1. The number of allylic oxidation sites excluding steroid dienone is 2. The third kappa shape index (κ3) is 5.21.